The molecule has 1 saturated carbocycles. The summed E-state index contributed by atoms with van der Waals surface area (Å²) in [7, 11) is 0. The summed E-state index contributed by atoms with van der Waals surface area (Å²) in [5.74, 6) is 2.82. The molecule has 240 valence electrons. The number of ether oxygens (including phenoxy) is 6. The number of benzene rings is 3. The summed E-state index contributed by atoms with van der Waals surface area (Å²) in [5.41, 5.74) is 3.74. The van der Waals surface area contributed by atoms with Gasteiger partial charge in [-0.25, -0.2) is 0 Å². The summed E-state index contributed by atoms with van der Waals surface area (Å²) in [4.78, 5) is 0. The Labute approximate surface area is 269 Å². The van der Waals surface area contributed by atoms with Crippen LogP contribution < -0.4 is 14.2 Å². The van der Waals surface area contributed by atoms with Crippen LogP contribution in [0.5, 0.6) is 17.2 Å². The monoisotopic (exact) mass is 612 g/mol. The molecule has 4 rings (SSSR count). The third-order valence-corrected chi connectivity index (χ3v) is 8.55. The number of rotatable bonds is 18. The molecule has 6 heteroatoms. The molecule has 1 aliphatic rings. The summed E-state index contributed by atoms with van der Waals surface area (Å²) >= 11 is 0. The van der Waals surface area contributed by atoms with Crippen molar-refractivity contribution in [3.63, 3.8) is 0 Å². The Bertz CT molecular complexity index is 1260. The molecule has 0 N–H and O–H groups in total. The highest BCUT2D eigenvalue weighted by atomic mass is 16.7. The molecule has 0 heterocycles. The fourth-order valence-corrected chi connectivity index (χ4v) is 6.11. The topological polar surface area (TPSA) is 55.4 Å². The van der Waals surface area contributed by atoms with Crippen LogP contribution >= 0.6 is 0 Å². The van der Waals surface area contributed by atoms with Crippen LogP contribution in [0, 0.1) is 0 Å². The second-order valence-electron chi connectivity index (χ2n) is 11.2. The van der Waals surface area contributed by atoms with E-state index in [0.717, 1.165) is 62.2 Å². The van der Waals surface area contributed by atoms with E-state index >= 15 is 0 Å². The minimum absolute atomic E-state index is 0.142. The highest BCUT2D eigenvalue weighted by Gasteiger charge is 2.39. The van der Waals surface area contributed by atoms with Gasteiger partial charge in [-0.2, -0.15) is 0 Å². The highest BCUT2D eigenvalue weighted by molar-refractivity contribution is 5.44. The first-order valence-electron chi connectivity index (χ1n) is 16.1. The largest absolute Gasteiger partial charge is 0.463 e. The van der Waals surface area contributed by atoms with Crippen molar-refractivity contribution < 1.29 is 28.4 Å². The molecule has 0 amide bonds. The van der Waals surface area contributed by atoms with Crippen LogP contribution in [0.4, 0.5) is 0 Å². The predicted octanol–water partition coefficient (Wildman–Crippen LogP) is 10.2. The van der Waals surface area contributed by atoms with E-state index < -0.39 is 0 Å². The number of hydrogen-bond donors (Lipinski definition) is 0. The molecule has 1 fully saturated rings. The van der Waals surface area contributed by atoms with E-state index in [4.69, 9.17) is 28.4 Å². The van der Waals surface area contributed by atoms with Crippen LogP contribution in [0.3, 0.4) is 0 Å². The van der Waals surface area contributed by atoms with Crippen molar-refractivity contribution in [1.82, 2.24) is 0 Å². The van der Waals surface area contributed by atoms with Gasteiger partial charge in [0.25, 0.3) is 0 Å². The quantitative estimate of drug-likeness (QED) is 0.105. The van der Waals surface area contributed by atoms with E-state index in [0.29, 0.717) is 5.92 Å². The van der Waals surface area contributed by atoms with Crippen LogP contribution in [0.15, 0.2) is 111 Å². The summed E-state index contributed by atoms with van der Waals surface area (Å²) in [6.45, 7) is 17.0. The van der Waals surface area contributed by atoms with Crippen molar-refractivity contribution in [3.8, 4) is 17.2 Å². The van der Waals surface area contributed by atoms with Crippen LogP contribution in [0.2, 0.25) is 0 Å². The van der Waals surface area contributed by atoms with E-state index in [1.54, 1.807) is 0 Å². The molecule has 3 unspecified atom stereocenters. The molecular weight excluding hydrogens is 564 g/mol. The van der Waals surface area contributed by atoms with Crippen molar-refractivity contribution in [3.05, 3.63) is 128 Å². The fraction of sp³-hybridized carbons (Fsp3) is 0.385. The SMILES string of the molecule is C=COC(CC)Oc1ccc(C2CCC(c3ccc(OC(CC)OC=C)cc3)(c3ccc(OC(CC)OC=C)cc3)CC2)cc1. The second-order valence-corrected chi connectivity index (χ2v) is 11.2. The van der Waals surface area contributed by atoms with Crippen molar-refractivity contribution in [2.75, 3.05) is 0 Å². The van der Waals surface area contributed by atoms with Gasteiger partial charge in [0, 0.05) is 24.7 Å². The van der Waals surface area contributed by atoms with Gasteiger partial charge in [-0.15, -0.1) is 0 Å². The third-order valence-electron chi connectivity index (χ3n) is 8.55. The lowest BCUT2D eigenvalue weighted by Gasteiger charge is -2.42. The molecule has 0 saturated heterocycles. The molecule has 3 atom stereocenters. The first-order valence-corrected chi connectivity index (χ1v) is 16.1. The van der Waals surface area contributed by atoms with Crippen LogP contribution in [-0.2, 0) is 19.6 Å². The molecule has 45 heavy (non-hydrogen) atoms. The predicted molar refractivity (Wildman–Crippen MR) is 179 cm³/mol. The Morgan fingerprint density at radius 3 is 1.22 bits per heavy atom. The molecule has 0 bridgehead atoms. The maximum atomic E-state index is 6.05. The molecule has 0 radical (unpaired) electrons. The van der Waals surface area contributed by atoms with Gasteiger partial charge in [0.2, 0.25) is 18.9 Å². The van der Waals surface area contributed by atoms with Crippen LogP contribution in [-0.4, -0.2) is 18.9 Å². The lowest BCUT2D eigenvalue weighted by Crippen LogP contribution is -2.32. The summed E-state index contributed by atoms with van der Waals surface area (Å²) in [5, 5.41) is 0. The molecule has 6 nitrogen and oxygen atoms in total. The Balaban J connectivity index is 1.56. The molecule has 0 spiro atoms. The van der Waals surface area contributed by atoms with Gasteiger partial charge in [0.15, 0.2) is 0 Å². The van der Waals surface area contributed by atoms with Gasteiger partial charge in [0.05, 0.1) is 18.8 Å². The molecule has 3 aromatic carbocycles. The maximum Gasteiger partial charge on any atom is 0.239 e. The average Bonchev–Trinajstić information content (AvgIpc) is 3.08. The molecule has 3 aromatic rings. The lowest BCUT2D eigenvalue weighted by atomic mass is 9.62. The summed E-state index contributed by atoms with van der Waals surface area (Å²) < 4.78 is 34.5. The Kier molecular flexibility index (Phi) is 12.4. The van der Waals surface area contributed by atoms with Crippen molar-refractivity contribution in [1.29, 1.82) is 0 Å². The molecule has 1 aliphatic carbocycles. The fourth-order valence-electron chi connectivity index (χ4n) is 6.11. The third kappa shape index (κ3) is 8.65. The van der Waals surface area contributed by atoms with Crippen molar-refractivity contribution >= 4 is 0 Å². The summed E-state index contributed by atoms with van der Waals surface area (Å²) in [6, 6.07) is 25.5. The van der Waals surface area contributed by atoms with Gasteiger partial charge < -0.3 is 28.4 Å². The van der Waals surface area contributed by atoms with Crippen LogP contribution in [0.25, 0.3) is 0 Å². The minimum Gasteiger partial charge on any atom is -0.463 e. The average molecular weight is 613 g/mol. The normalized spacial score (nSPS) is 19.7. The summed E-state index contributed by atoms with van der Waals surface area (Å²) in [6.07, 6.45) is 9.55. The Hall–Kier alpha value is -4.32. The molecule has 0 aromatic heterocycles. The zero-order chi connectivity index (χ0) is 32.1. The second kappa shape index (κ2) is 16.7. The van der Waals surface area contributed by atoms with Gasteiger partial charge in [0.1, 0.15) is 17.2 Å². The zero-order valence-electron chi connectivity index (χ0n) is 27.0. The minimum atomic E-state index is -0.360. The maximum absolute atomic E-state index is 6.05. The molecular formula is C39H48O6. The standard InChI is InChI=1S/C39H48O6/c1-7-36(40-10-4)43-33-19-13-29(14-20-33)30-25-27-39(28-26-30,31-15-21-34(22-16-31)44-37(8-2)41-11-5)32-17-23-35(24-18-32)45-38(9-3)42-12-6/h10-24,30,36-38H,4-9,25-28H2,1-3H3. The van der Waals surface area contributed by atoms with E-state index in [2.05, 4.69) is 56.1 Å². The van der Waals surface area contributed by atoms with Crippen molar-refractivity contribution in [2.45, 2.75) is 95.9 Å². The smallest absolute Gasteiger partial charge is 0.239 e. The van der Waals surface area contributed by atoms with Gasteiger partial charge in [-0.1, -0.05) is 76.9 Å². The van der Waals surface area contributed by atoms with Crippen molar-refractivity contribution in [2.24, 2.45) is 0 Å². The first kappa shape index (κ1) is 33.6. The lowest BCUT2D eigenvalue weighted by molar-refractivity contribution is -0.0312. The van der Waals surface area contributed by atoms with Gasteiger partial charge in [-0.05, 0) is 84.7 Å². The van der Waals surface area contributed by atoms with Crippen LogP contribution in [0.1, 0.15) is 88.3 Å². The van der Waals surface area contributed by atoms with E-state index in [1.807, 2.05) is 57.2 Å². The van der Waals surface area contributed by atoms with E-state index in [9.17, 15) is 0 Å². The number of hydrogen-bond acceptors (Lipinski definition) is 6. The first-order chi connectivity index (χ1) is 22.0. The van der Waals surface area contributed by atoms with E-state index in [1.165, 1.54) is 35.5 Å². The zero-order valence-corrected chi connectivity index (χ0v) is 27.0. The van der Waals surface area contributed by atoms with Gasteiger partial charge in [-0.3, -0.25) is 0 Å². The van der Waals surface area contributed by atoms with Gasteiger partial charge >= 0.3 is 0 Å². The highest BCUT2D eigenvalue weighted by Crippen LogP contribution is 2.49. The Morgan fingerprint density at radius 2 is 0.911 bits per heavy atom. The Morgan fingerprint density at radius 1 is 0.578 bits per heavy atom. The molecule has 0 aliphatic heterocycles. The van der Waals surface area contributed by atoms with E-state index in [-0.39, 0.29) is 24.3 Å².